The number of thiazole rings is 1. The third-order valence-corrected chi connectivity index (χ3v) is 5.19. The number of para-hydroxylation sites is 1. The molecule has 0 saturated carbocycles. The van der Waals surface area contributed by atoms with Crippen molar-refractivity contribution in [3.63, 3.8) is 0 Å². The third kappa shape index (κ3) is 3.09. The summed E-state index contributed by atoms with van der Waals surface area (Å²) in [7, 11) is 0. The van der Waals surface area contributed by atoms with Gasteiger partial charge in [0.1, 0.15) is 5.75 Å². The lowest BCUT2D eigenvalue weighted by molar-refractivity contribution is 0.115. The van der Waals surface area contributed by atoms with E-state index in [0.29, 0.717) is 23.9 Å². The number of nitrogens with one attached hydrogen (secondary N) is 2. The number of hydrogen-bond acceptors (Lipinski definition) is 5. The van der Waals surface area contributed by atoms with Crippen LogP contribution in [0.4, 0.5) is 9.93 Å². The predicted octanol–water partition coefficient (Wildman–Crippen LogP) is 2.81. The van der Waals surface area contributed by atoms with E-state index in [-0.39, 0.29) is 12.6 Å². The van der Waals surface area contributed by atoms with Gasteiger partial charge in [-0.3, -0.25) is 5.32 Å². The molecule has 1 aromatic carbocycles. The van der Waals surface area contributed by atoms with Crippen LogP contribution in [0.25, 0.3) is 0 Å². The van der Waals surface area contributed by atoms with Crippen LogP contribution in [0, 0.1) is 6.92 Å². The molecule has 0 unspecified atom stereocenters. The van der Waals surface area contributed by atoms with Crippen molar-refractivity contribution in [1.29, 1.82) is 0 Å². The molecule has 24 heavy (non-hydrogen) atoms. The molecule has 0 saturated heterocycles. The summed E-state index contributed by atoms with van der Waals surface area (Å²) in [6.07, 6.45) is 1.34. The molecule has 7 heteroatoms. The lowest BCUT2D eigenvalue weighted by Gasteiger charge is -2.37. The monoisotopic (exact) mass is 347 g/mol. The van der Waals surface area contributed by atoms with Crippen LogP contribution in [-0.4, -0.2) is 29.3 Å². The van der Waals surface area contributed by atoms with Gasteiger partial charge in [-0.2, -0.15) is 0 Å². The zero-order valence-corrected chi connectivity index (χ0v) is 14.6. The second-order valence-electron chi connectivity index (χ2n) is 5.79. The molecule has 0 aliphatic carbocycles. The molecule has 2 heterocycles. The van der Waals surface area contributed by atoms with Gasteiger partial charge < -0.3 is 15.2 Å². The number of urea groups is 1. The Hall–Kier alpha value is -2.12. The average Bonchev–Trinajstić information content (AvgIpc) is 2.94. The van der Waals surface area contributed by atoms with Gasteiger partial charge in [0.25, 0.3) is 0 Å². The van der Waals surface area contributed by atoms with Gasteiger partial charge >= 0.3 is 6.03 Å². The highest BCUT2D eigenvalue weighted by atomic mass is 32.1. The maximum absolute atomic E-state index is 12.5. The molecule has 0 radical (unpaired) electrons. The van der Waals surface area contributed by atoms with Gasteiger partial charge in [0, 0.05) is 16.9 Å². The second-order valence-corrected chi connectivity index (χ2v) is 6.99. The number of amides is 2. The van der Waals surface area contributed by atoms with E-state index < -0.39 is 5.54 Å². The number of aliphatic hydroxyl groups excluding tert-OH is 1. The van der Waals surface area contributed by atoms with Crippen molar-refractivity contribution in [1.82, 2.24) is 10.3 Å². The summed E-state index contributed by atoms with van der Waals surface area (Å²) in [5, 5.41) is 16.2. The molecule has 2 amide bonds. The zero-order chi connectivity index (χ0) is 17.2. The van der Waals surface area contributed by atoms with Gasteiger partial charge in [-0.25, -0.2) is 9.78 Å². The number of carbonyl (C=O) groups is 1. The Kier molecular flexibility index (Phi) is 4.73. The number of aliphatic hydroxyl groups is 1. The molecule has 1 atom stereocenters. The number of hydrogen-bond donors (Lipinski definition) is 3. The molecule has 1 aliphatic rings. The molecule has 6 nitrogen and oxygen atoms in total. The minimum atomic E-state index is -0.848. The van der Waals surface area contributed by atoms with E-state index in [4.69, 9.17) is 4.74 Å². The van der Waals surface area contributed by atoms with Crippen molar-refractivity contribution >= 4 is 22.5 Å². The maximum atomic E-state index is 12.5. The average molecular weight is 347 g/mol. The van der Waals surface area contributed by atoms with Crippen LogP contribution in [0.3, 0.4) is 0 Å². The minimum Gasteiger partial charge on any atom is -0.493 e. The molecule has 3 rings (SSSR count). The first-order valence-corrected chi connectivity index (χ1v) is 8.78. The summed E-state index contributed by atoms with van der Waals surface area (Å²) in [5.74, 6) is 0.691. The highest BCUT2D eigenvalue weighted by Crippen LogP contribution is 2.36. The number of nitrogens with zero attached hydrogens (tertiary/aromatic N) is 1. The van der Waals surface area contributed by atoms with Crippen molar-refractivity contribution in [2.24, 2.45) is 0 Å². The fraction of sp³-hybridized carbons (Fsp3) is 0.412. The summed E-state index contributed by atoms with van der Waals surface area (Å²) < 4.78 is 5.62. The van der Waals surface area contributed by atoms with Gasteiger partial charge in [0.2, 0.25) is 0 Å². The van der Waals surface area contributed by atoms with Crippen LogP contribution >= 0.6 is 11.3 Å². The van der Waals surface area contributed by atoms with Crippen molar-refractivity contribution in [3.05, 3.63) is 40.4 Å². The fourth-order valence-electron chi connectivity index (χ4n) is 2.95. The van der Waals surface area contributed by atoms with Gasteiger partial charge in [0.15, 0.2) is 5.13 Å². The largest absolute Gasteiger partial charge is 0.493 e. The Labute approximate surface area is 144 Å². The number of ether oxygens (including phenoxy) is 1. The third-order valence-electron chi connectivity index (χ3n) is 4.26. The van der Waals surface area contributed by atoms with E-state index in [2.05, 4.69) is 15.6 Å². The van der Waals surface area contributed by atoms with Crippen LogP contribution < -0.4 is 15.4 Å². The maximum Gasteiger partial charge on any atom is 0.321 e. The Morgan fingerprint density at radius 1 is 1.46 bits per heavy atom. The Morgan fingerprint density at radius 3 is 2.96 bits per heavy atom. The minimum absolute atomic E-state index is 0.197. The van der Waals surface area contributed by atoms with E-state index in [1.54, 1.807) is 0 Å². The standard InChI is InChI=1S/C17H21N3O3S/c1-3-13-11(2)24-16(18-13)19-15(22)20-17(10-21)8-9-23-14-7-5-4-6-12(14)17/h4-7,21H,3,8-10H2,1-2H3,(H2,18,19,20,22)/t17-/m0/s1. The number of aromatic nitrogens is 1. The van der Waals surface area contributed by atoms with Crippen molar-refractivity contribution in [3.8, 4) is 5.75 Å². The first-order valence-electron chi connectivity index (χ1n) is 7.96. The van der Waals surface area contributed by atoms with Crippen molar-refractivity contribution in [2.45, 2.75) is 32.2 Å². The summed E-state index contributed by atoms with van der Waals surface area (Å²) in [6.45, 7) is 4.27. The number of carbonyl (C=O) groups excluding carboxylic acids is 1. The van der Waals surface area contributed by atoms with Crippen molar-refractivity contribution < 1.29 is 14.6 Å². The lowest BCUT2D eigenvalue weighted by atomic mass is 9.85. The summed E-state index contributed by atoms with van der Waals surface area (Å²) in [5.41, 5.74) is 0.931. The van der Waals surface area contributed by atoms with Gasteiger partial charge in [-0.1, -0.05) is 25.1 Å². The number of aryl methyl sites for hydroxylation is 2. The number of fused-ring (bicyclic) bond motifs is 1. The molecule has 0 bridgehead atoms. The lowest BCUT2D eigenvalue weighted by Crippen LogP contribution is -2.52. The molecular weight excluding hydrogens is 326 g/mol. The summed E-state index contributed by atoms with van der Waals surface area (Å²) >= 11 is 1.45. The molecule has 1 aliphatic heterocycles. The Morgan fingerprint density at radius 2 is 2.25 bits per heavy atom. The molecule has 128 valence electrons. The Bertz CT molecular complexity index is 746. The molecule has 0 spiro atoms. The molecule has 0 fully saturated rings. The SMILES string of the molecule is CCc1nc(NC(=O)N[C@]2(CO)CCOc3ccccc32)sc1C. The Balaban J connectivity index is 1.79. The second kappa shape index (κ2) is 6.78. The first kappa shape index (κ1) is 16.7. The van der Waals surface area contributed by atoms with Crippen LogP contribution in [0.1, 0.15) is 29.5 Å². The van der Waals surface area contributed by atoms with E-state index in [1.807, 2.05) is 38.1 Å². The molecule has 3 N–H and O–H groups in total. The smallest absolute Gasteiger partial charge is 0.321 e. The normalized spacial score (nSPS) is 19.3. The highest BCUT2D eigenvalue weighted by Gasteiger charge is 2.38. The number of anilines is 1. The quantitative estimate of drug-likeness (QED) is 0.794. The summed E-state index contributed by atoms with van der Waals surface area (Å²) in [6, 6.07) is 7.08. The molecular formula is C17H21N3O3S. The van der Waals surface area contributed by atoms with E-state index in [0.717, 1.165) is 22.6 Å². The van der Waals surface area contributed by atoms with Gasteiger partial charge in [-0.05, 0) is 19.4 Å². The number of benzene rings is 1. The first-order chi connectivity index (χ1) is 11.6. The van der Waals surface area contributed by atoms with E-state index in [9.17, 15) is 9.90 Å². The van der Waals surface area contributed by atoms with Crippen LogP contribution in [0.5, 0.6) is 5.75 Å². The van der Waals surface area contributed by atoms with Gasteiger partial charge in [0.05, 0.1) is 24.4 Å². The number of rotatable bonds is 4. The van der Waals surface area contributed by atoms with Crippen molar-refractivity contribution in [2.75, 3.05) is 18.5 Å². The fourth-order valence-corrected chi connectivity index (χ4v) is 3.84. The zero-order valence-electron chi connectivity index (χ0n) is 13.8. The van der Waals surface area contributed by atoms with E-state index in [1.165, 1.54) is 11.3 Å². The van der Waals surface area contributed by atoms with Crippen LogP contribution in [0.15, 0.2) is 24.3 Å². The highest BCUT2D eigenvalue weighted by molar-refractivity contribution is 7.15. The topological polar surface area (TPSA) is 83.5 Å². The summed E-state index contributed by atoms with van der Waals surface area (Å²) in [4.78, 5) is 18.0. The predicted molar refractivity (Wildman–Crippen MR) is 93.7 cm³/mol. The molecule has 1 aromatic heterocycles. The van der Waals surface area contributed by atoms with Crippen LogP contribution in [-0.2, 0) is 12.0 Å². The van der Waals surface area contributed by atoms with E-state index >= 15 is 0 Å². The van der Waals surface area contributed by atoms with Gasteiger partial charge in [-0.15, -0.1) is 11.3 Å². The molecule has 2 aromatic rings. The van der Waals surface area contributed by atoms with Crippen LogP contribution in [0.2, 0.25) is 0 Å².